The number of ether oxygens (including phenoxy) is 2. The number of carbonyl (C=O) groups is 1. The molecular weight excluding hydrogens is 456 g/mol. The Bertz CT molecular complexity index is 984. The lowest BCUT2D eigenvalue weighted by molar-refractivity contribution is -0.148. The summed E-state index contributed by atoms with van der Waals surface area (Å²) in [6, 6.07) is 4.59. The molecular formula is C23H34F4N4O3. The van der Waals surface area contributed by atoms with Gasteiger partial charge in [0.05, 0.1) is 18.8 Å². The molecule has 0 radical (unpaired) electrons. The molecule has 0 spiro atoms. The normalized spacial score (nSPS) is 12.7. The van der Waals surface area contributed by atoms with Gasteiger partial charge >= 0.3 is 12.3 Å². The Kier molecular flexibility index (Phi) is 9.60. The quantitative estimate of drug-likeness (QED) is 0.236. The van der Waals surface area contributed by atoms with Gasteiger partial charge in [0.2, 0.25) is 0 Å². The van der Waals surface area contributed by atoms with Crippen LogP contribution in [0, 0.1) is 19.8 Å². The number of hydrogen-bond acceptors (Lipinski definition) is 6. The molecule has 0 aromatic carbocycles. The fourth-order valence-electron chi connectivity index (χ4n) is 2.87. The summed E-state index contributed by atoms with van der Waals surface area (Å²) in [6.07, 6.45) is -2.78. The number of carbonyl (C=O) groups excluding carboxylic acids is 1. The van der Waals surface area contributed by atoms with Gasteiger partial charge in [0.25, 0.3) is 5.91 Å². The summed E-state index contributed by atoms with van der Waals surface area (Å²) in [4.78, 5) is 21.0. The van der Waals surface area contributed by atoms with Crippen molar-refractivity contribution in [2.24, 2.45) is 5.92 Å². The van der Waals surface area contributed by atoms with E-state index in [9.17, 15) is 22.4 Å². The molecule has 0 bridgehead atoms. The highest BCUT2D eigenvalue weighted by Crippen LogP contribution is 2.26. The van der Waals surface area contributed by atoms with Gasteiger partial charge in [-0.2, -0.15) is 8.78 Å². The molecule has 34 heavy (non-hydrogen) atoms. The number of anilines is 1. The van der Waals surface area contributed by atoms with Crippen LogP contribution in [0.4, 0.5) is 23.4 Å². The van der Waals surface area contributed by atoms with Crippen LogP contribution in [0.5, 0.6) is 5.75 Å². The Morgan fingerprint density at radius 2 is 1.88 bits per heavy atom. The van der Waals surface area contributed by atoms with Gasteiger partial charge in [0.1, 0.15) is 24.0 Å². The van der Waals surface area contributed by atoms with Crippen molar-refractivity contribution in [1.29, 1.82) is 0 Å². The maximum Gasteiger partial charge on any atom is 0.340 e. The molecule has 1 atom stereocenters. The number of amides is 1. The van der Waals surface area contributed by atoms with Crippen molar-refractivity contribution < 1.29 is 34.7 Å². The molecule has 0 fully saturated rings. The van der Waals surface area contributed by atoms with Crippen LogP contribution >= 0.6 is 0 Å². The number of hydrogen-bond donors (Lipinski definition) is 2. The van der Waals surface area contributed by atoms with Gasteiger partial charge in [-0.05, 0) is 56.0 Å². The maximum atomic E-state index is 13.1. The summed E-state index contributed by atoms with van der Waals surface area (Å²) in [5.74, 6) is -3.87. The highest BCUT2D eigenvalue weighted by molar-refractivity contribution is 5.92. The van der Waals surface area contributed by atoms with Crippen LogP contribution in [0.25, 0.3) is 0 Å². The summed E-state index contributed by atoms with van der Waals surface area (Å²) in [7, 11) is 0. The van der Waals surface area contributed by atoms with Gasteiger partial charge in [0.15, 0.2) is 6.61 Å². The number of aromatic nitrogens is 2. The summed E-state index contributed by atoms with van der Waals surface area (Å²) < 4.78 is 61.0. The number of nitrogens with one attached hydrogen (secondary N) is 2. The van der Waals surface area contributed by atoms with Crippen LogP contribution in [0.2, 0.25) is 0 Å². The van der Waals surface area contributed by atoms with Gasteiger partial charge in [-0.15, -0.1) is 0 Å². The first-order valence-corrected chi connectivity index (χ1v) is 10.8. The molecule has 1 unspecified atom stereocenters. The highest BCUT2D eigenvalue weighted by Gasteiger charge is 2.41. The van der Waals surface area contributed by atoms with Crippen molar-refractivity contribution in [3.63, 3.8) is 0 Å². The second kappa shape index (κ2) is 12.0. The Hall–Kier alpha value is -2.95. The van der Waals surface area contributed by atoms with E-state index in [0.29, 0.717) is 30.6 Å². The summed E-state index contributed by atoms with van der Waals surface area (Å²) in [5.41, 5.74) is 1.90. The predicted octanol–water partition coefficient (Wildman–Crippen LogP) is 5.40. The number of rotatable bonds is 12. The van der Waals surface area contributed by atoms with Crippen molar-refractivity contribution in [2.75, 3.05) is 25.3 Å². The lowest BCUT2D eigenvalue weighted by Crippen LogP contribution is -2.34. The molecule has 2 aromatic rings. The van der Waals surface area contributed by atoms with E-state index in [-0.39, 0.29) is 14.3 Å². The fraction of sp³-hybridized carbons (Fsp3) is 0.522. The third kappa shape index (κ3) is 8.12. The zero-order valence-electron chi connectivity index (χ0n) is 19.8. The average Bonchev–Trinajstić information content (AvgIpc) is 2.75. The highest BCUT2D eigenvalue weighted by atomic mass is 19.3. The van der Waals surface area contributed by atoms with E-state index in [1.54, 1.807) is 13.0 Å². The van der Waals surface area contributed by atoms with Crippen molar-refractivity contribution in [3.8, 4) is 5.75 Å². The van der Waals surface area contributed by atoms with Crippen molar-refractivity contribution in [3.05, 3.63) is 46.9 Å². The molecule has 0 aliphatic carbocycles. The maximum absolute atomic E-state index is 13.1. The topological polar surface area (TPSA) is 85.4 Å². The average molecular weight is 491 g/mol. The molecule has 11 heteroatoms. The number of aryl methyl sites for hydroxylation is 2. The van der Waals surface area contributed by atoms with E-state index >= 15 is 0 Å². The van der Waals surface area contributed by atoms with E-state index < -0.39 is 30.9 Å². The molecule has 0 aliphatic rings. The first kappa shape index (κ1) is 27.3. The number of nitrogens with zero attached hydrogens (tertiary/aromatic N) is 2. The molecule has 1 amide bonds. The van der Waals surface area contributed by atoms with E-state index in [2.05, 4.69) is 34.4 Å². The minimum atomic E-state index is -4.28. The fourth-order valence-corrected chi connectivity index (χ4v) is 2.87. The van der Waals surface area contributed by atoms with Gasteiger partial charge in [-0.25, -0.2) is 18.7 Å². The third-order valence-electron chi connectivity index (χ3n) is 4.66. The van der Waals surface area contributed by atoms with Gasteiger partial charge in [-0.1, -0.05) is 13.8 Å². The van der Waals surface area contributed by atoms with E-state index in [0.717, 1.165) is 17.5 Å². The van der Waals surface area contributed by atoms with Crippen LogP contribution in [0.1, 0.15) is 57.0 Å². The summed E-state index contributed by atoms with van der Waals surface area (Å²) in [6.45, 7) is 8.66. The van der Waals surface area contributed by atoms with E-state index in [1.165, 1.54) is 13.0 Å². The molecule has 0 aliphatic heterocycles. The standard InChI is InChI=1S/C23H30F4N4O3.2H2/c1-13(2)10-33-12-29-20-8-17(7-15(4)30-20)16(5)31-21(32)18-6-14(3)19(9-28-18)34-11-23(26,27)22(24)25;;/h6-9,13,16,22H,10-12H2,1-5H3,(H,29,30)(H,31,32);2*1H. The van der Waals surface area contributed by atoms with Crippen LogP contribution in [0.15, 0.2) is 24.4 Å². The summed E-state index contributed by atoms with van der Waals surface area (Å²) >= 11 is 0. The third-order valence-corrected chi connectivity index (χ3v) is 4.66. The van der Waals surface area contributed by atoms with Crippen molar-refractivity contribution in [1.82, 2.24) is 15.3 Å². The van der Waals surface area contributed by atoms with Gasteiger partial charge in [0, 0.05) is 8.55 Å². The number of pyridine rings is 2. The molecule has 192 valence electrons. The van der Waals surface area contributed by atoms with Crippen molar-refractivity contribution >= 4 is 11.7 Å². The van der Waals surface area contributed by atoms with E-state index in [1.807, 2.05) is 13.0 Å². The zero-order chi connectivity index (χ0) is 25.5. The molecule has 7 nitrogen and oxygen atoms in total. The molecule has 2 rings (SSSR count). The first-order valence-electron chi connectivity index (χ1n) is 10.8. The second-order valence-corrected chi connectivity index (χ2v) is 8.39. The van der Waals surface area contributed by atoms with Crippen molar-refractivity contribution in [2.45, 2.75) is 53.0 Å². The number of halogens is 4. The molecule has 0 saturated carbocycles. The Morgan fingerprint density at radius 1 is 1.18 bits per heavy atom. The van der Waals surface area contributed by atoms with Crippen LogP contribution in [-0.2, 0) is 4.74 Å². The molecule has 2 N–H and O–H groups in total. The minimum Gasteiger partial charge on any atom is -0.485 e. The van der Waals surface area contributed by atoms with Gasteiger partial charge in [-0.3, -0.25) is 4.79 Å². The SMILES string of the molecule is Cc1cc(C(C)NC(=O)c2cc(C)c(OCC(F)(F)C(F)F)cn2)cc(NCOCC(C)C)n1.[HH].[HH]. The van der Waals surface area contributed by atoms with Crippen LogP contribution < -0.4 is 15.4 Å². The smallest absolute Gasteiger partial charge is 0.340 e. The van der Waals surface area contributed by atoms with Gasteiger partial charge < -0.3 is 20.1 Å². The monoisotopic (exact) mass is 490 g/mol. The first-order chi connectivity index (χ1) is 15.9. The Balaban J connectivity index is 0.00000612. The predicted molar refractivity (Wildman–Crippen MR) is 124 cm³/mol. The molecule has 2 heterocycles. The summed E-state index contributed by atoms with van der Waals surface area (Å²) in [5, 5.41) is 5.91. The minimum absolute atomic E-state index is 0. The van der Waals surface area contributed by atoms with Crippen LogP contribution in [0.3, 0.4) is 0 Å². The largest absolute Gasteiger partial charge is 0.485 e. The Labute approximate surface area is 199 Å². The zero-order valence-corrected chi connectivity index (χ0v) is 19.8. The van der Waals surface area contributed by atoms with E-state index in [4.69, 9.17) is 9.47 Å². The molecule has 0 saturated heterocycles. The Morgan fingerprint density at radius 3 is 2.50 bits per heavy atom. The number of alkyl halides is 4. The van der Waals surface area contributed by atoms with Crippen LogP contribution in [-0.4, -0.2) is 48.2 Å². The second-order valence-electron chi connectivity index (χ2n) is 8.39. The lowest BCUT2D eigenvalue weighted by atomic mass is 10.1. The molecule has 2 aromatic heterocycles. The lowest BCUT2D eigenvalue weighted by Gasteiger charge is -2.18.